The fraction of sp³-hybridized carbons (Fsp3) is 0.333. The summed E-state index contributed by atoms with van der Waals surface area (Å²) in [4.78, 5) is 16.6. The Morgan fingerprint density at radius 3 is 2.45 bits per heavy atom. The van der Waals surface area contributed by atoms with E-state index in [4.69, 9.17) is 14.6 Å². The molecule has 2 aromatic rings. The minimum Gasteiger partial charge on any atom is -0.496 e. The number of nitriles is 1. The molecule has 164 valence electrons. The number of nitrogens with zero attached hydrogens (tertiary/aromatic N) is 3. The highest BCUT2D eigenvalue weighted by atomic mass is 32.2. The molecule has 2 aromatic carbocycles. The molecule has 0 radical (unpaired) electrons. The predicted octanol–water partition coefficient (Wildman–Crippen LogP) is 1.20. The van der Waals surface area contributed by atoms with Gasteiger partial charge in [0.05, 0.1) is 20.3 Å². The Balaban J connectivity index is 1.89. The topological polar surface area (TPSA) is 126 Å². The van der Waals surface area contributed by atoms with E-state index in [9.17, 15) is 18.5 Å². The molecule has 0 aromatic heterocycles. The van der Waals surface area contributed by atoms with Crippen molar-refractivity contribution in [3.8, 4) is 17.6 Å². The van der Waals surface area contributed by atoms with Crippen molar-refractivity contribution in [1.82, 2.24) is 9.80 Å². The van der Waals surface area contributed by atoms with Crippen molar-refractivity contribution in [1.29, 1.82) is 5.26 Å². The van der Waals surface area contributed by atoms with E-state index in [1.165, 1.54) is 31.3 Å². The standard InChI is InChI=1S/C21H24N4O5S/c1-29-17-8-9-18(31(23,27)28)20(30-2)19(17)21(26)25-11-10-24(16(12-22)14-25)13-15-6-4-3-5-7-15/h3-9,16H,10-11,13-14H2,1-2H3,(H2,23,27,28). The molecule has 2 N–H and O–H groups in total. The van der Waals surface area contributed by atoms with Gasteiger partial charge in [-0.2, -0.15) is 5.26 Å². The van der Waals surface area contributed by atoms with Crippen molar-refractivity contribution in [3.63, 3.8) is 0 Å². The number of amides is 1. The van der Waals surface area contributed by atoms with Gasteiger partial charge in [-0.15, -0.1) is 0 Å². The summed E-state index contributed by atoms with van der Waals surface area (Å²) in [5.74, 6) is -0.500. The van der Waals surface area contributed by atoms with Crippen LogP contribution < -0.4 is 14.6 Å². The average molecular weight is 445 g/mol. The number of piperazine rings is 1. The maximum Gasteiger partial charge on any atom is 0.261 e. The molecule has 1 heterocycles. The Labute approximate surface area is 181 Å². The van der Waals surface area contributed by atoms with Gasteiger partial charge < -0.3 is 14.4 Å². The largest absolute Gasteiger partial charge is 0.496 e. The number of rotatable bonds is 6. The van der Waals surface area contributed by atoms with Gasteiger partial charge in [0.1, 0.15) is 22.3 Å². The molecule has 0 saturated carbocycles. The third-order valence-electron chi connectivity index (χ3n) is 5.18. The number of primary sulfonamides is 1. The van der Waals surface area contributed by atoms with E-state index in [0.717, 1.165) is 5.56 Å². The van der Waals surface area contributed by atoms with Crippen LogP contribution in [0.15, 0.2) is 47.4 Å². The zero-order chi connectivity index (χ0) is 22.6. The van der Waals surface area contributed by atoms with E-state index in [1.807, 2.05) is 35.2 Å². The summed E-state index contributed by atoms with van der Waals surface area (Å²) in [6.45, 7) is 1.59. The highest BCUT2D eigenvalue weighted by molar-refractivity contribution is 7.89. The Morgan fingerprint density at radius 2 is 1.87 bits per heavy atom. The molecule has 31 heavy (non-hydrogen) atoms. The van der Waals surface area contributed by atoms with Crippen LogP contribution in [0.5, 0.6) is 11.5 Å². The van der Waals surface area contributed by atoms with E-state index in [0.29, 0.717) is 19.6 Å². The zero-order valence-electron chi connectivity index (χ0n) is 17.3. The molecule has 0 bridgehead atoms. The summed E-state index contributed by atoms with van der Waals surface area (Å²) < 4.78 is 34.5. The van der Waals surface area contributed by atoms with Gasteiger partial charge in [0.2, 0.25) is 10.0 Å². The highest BCUT2D eigenvalue weighted by Crippen LogP contribution is 2.35. The Hall–Kier alpha value is -3.13. The quantitative estimate of drug-likeness (QED) is 0.709. The number of benzene rings is 2. The number of hydrogen-bond acceptors (Lipinski definition) is 7. The van der Waals surface area contributed by atoms with Crippen LogP contribution in [0.1, 0.15) is 15.9 Å². The first-order valence-electron chi connectivity index (χ1n) is 9.54. The van der Waals surface area contributed by atoms with Crippen LogP contribution in [-0.4, -0.2) is 64.0 Å². The van der Waals surface area contributed by atoms with Crippen LogP contribution in [0.25, 0.3) is 0 Å². The van der Waals surface area contributed by atoms with Crippen molar-refractivity contribution in [2.75, 3.05) is 33.9 Å². The molecule has 1 unspecified atom stereocenters. The number of sulfonamides is 1. The van der Waals surface area contributed by atoms with Crippen LogP contribution in [0, 0.1) is 11.3 Å². The average Bonchev–Trinajstić information content (AvgIpc) is 2.77. The first-order valence-corrected chi connectivity index (χ1v) is 11.1. The van der Waals surface area contributed by atoms with Gasteiger partial charge in [0.25, 0.3) is 5.91 Å². The van der Waals surface area contributed by atoms with E-state index >= 15 is 0 Å². The normalized spacial score (nSPS) is 17.1. The summed E-state index contributed by atoms with van der Waals surface area (Å²) >= 11 is 0. The van der Waals surface area contributed by atoms with Gasteiger partial charge in [-0.1, -0.05) is 30.3 Å². The van der Waals surface area contributed by atoms with Gasteiger partial charge in [-0.25, -0.2) is 13.6 Å². The molecule has 1 fully saturated rings. The van der Waals surface area contributed by atoms with Gasteiger partial charge >= 0.3 is 0 Å². The Morgan fingerprint density at radius 1 is 1.16 bits per heavy atom. The van der Waals surface area contributed by atoms with Crippen LogP contribution in [-0.2, 0) is 16.6 Å². The van der Waals surface area contributed by atoms with Gasteiger partial charge in [-0.05, 0) is 17.7 Å². The SMILES string of the molecule is COc1ccc(S(N)(=O)=O)c(OC)c1C(=O)N1CCN(Cc2ccccc2)C(C#N)C1. The number of ether oxygens (including phenoxy) is 2. The van der Waals surface area contributed by atoms with E-state index in [1.54, 1.807) is 0 Å². The van der Waals surface area contributed by atoms with Crippen LogP contribution in [0.4, 0.5) is 0 Å². The molecule has 10 heteroatoms. The van der Waals surface area contributed by atoms with Gasteiger partial charge in [0.15, 0.2) is 5.75 Å². The molecular weight excluding hydrogens is 420 g/mol. The van der Waals surface area contributed by atoms with Crippen molar-refractivity contribution < 1.29 is 22.7 Å². The van der Waals surface area contributed by atoms with Crippen molar-refractivity contribution >= 4 is 15.9 Å². The minimum absolute atomic E-state index is 0.0373. The van der Waals surface area contributed by atoms with E-state index in [-0.39, 0.29) is 28.5 Å². The molecule has 3 rings (SSSR count). The van der Waals surface area contributed by atoms with Gasteiger partial charge in [-0.3, -0.25) is 9.69 Å². The predicted molar refractivity (Wildman–Crippen MR) is 113 cm³/mol. The fourth-order valence-corrected chi connectivity index (χ4v) is 4.34. The number of carbonyl (C=O) groups is 1. The lowest BCUT2D eigenvalue weighted by atomic mass is 10.1. The molecule has 1 atom stereocenters. The summed E-state index contributed by atoms with van der Waals surface area (Å²) in [6.07, 6.45) is 0. The molecular formula is C21H24N4O5S. The van der Waals surface area contributed by atoms with Crippen molar-refractivity contribution in [2.45, 2.75) is 17.5 Å². The van der Waals surface area contributed by atoms with Crippen LogP contribution in [0.3, 0.4) is 0 Å². The molecule has 1 aliphatic heterocycles. The van der Waals surface area contributed by atoms with E-state index in [2.05, 4.69) is 6.07 Å². The lowest BCUT2D eigenvalue weighted by Crippen LogP contribution is -2.53. The maximum absolute atomic E-state index is 13.4. The first-order chi connectivity index (χ1) is 14.8. The first kappa shape index (κ1) is 22.6. The smallest absolute Gasteiger partial charge is 0.261 e. The number of carbonyl (C=O) groups excluding carboxylic acids is 1. The second-order valence-corrected chi connectivity index (χ2v) is 8.60. The third-order valence-corrected chi connectivity index (χ3v) is 6.12. The molecule has 1 aliphatic rings. The van der Waals surface area contributed by atoms with Crippen LogP contribution >= 0.6 is 0 Å². The van der Waals surface area contributed by atoms with Crippen LogP contribution in [0.2, 0.25) is 0 Å². The lowest BCUT2D eigenvalue weighted by molar-refractivity contribution is 0.0545. The molecule has 0 aliphatic carbocycles. The summed E-state index contributed by atoms with van der Waals surface area (Å²) in [7, 11) is -1.49. The van der Waals surface area contributed by atoms with Crippen molar-refractivity contribution in [2.24, 2.45) is 5.14 Å². The second-order valence-electron chi connectivity index (χ2n) is 7.07. The highest BCUT2D eigenvalue weighted by Gasteiger charge is 2.34. The lowest BCUT2D eigenvalue weighted by Gasteiger charge is -2.38. The molecule has 9 nitrogen and oxygen atoms in total. The summed E-state index contributed by atoms with van der Waals surface area (Å²) in [6, 6.07) is 14.1. The Bertz CT molecular complexity index is 1100. The summed E-state index contributed by atoms with van der Waals surface area (Å²) in [5, 5.41) is 15.0. The monoisotopic (exact) mass is 444 g/mol. The summed E-state index contributed by atoms with van der Waals surface area (Å²) in [5.41, 5.74) is 1.04. The molecule has 1 saturated heterocycles. The van der Waals surface area contributed by atoms with Gasteiger partial charge in [0, 0.05) is 26.2 Å². The van der Waals surface area contributed by atoms with E-state index < -0.39 is 22.0 Å². The molecule has 0 spiro atoms. The zero-order valence-corrected chi connectivity index (χ0v) is 18.1. The third kappa shape index (κ3) is 4.80. The molecule has 1 amide bonds. The second kappa shape index (κ2) is 9.34. The number of methoxy groups -OCH3 is 2. The maximum atomic E-state index is 13.4. The fourth-order valence-electron chi connectivity index (χ4n) is 3.64. The van der Waals surface area contributed by atoms with Crippen molar-refractivity contribution in [3.05, 3.63) is 53.6 Å². The number of hydrogen-bond donors (Lipinski definition) is 1. The Kier molecular flexibility index (Phi) is 6.80. The minimum atomic E-state index is -4.13. The number of nitrogens with two attached hydrogens (primary N) is 1.